The highest BCUT2D eigenvalue weighted by molar-refractivity contribution is 7.92. The van der Waals surface area contributed by atoms with Gasteiger partial charge in [0.25, 0.3) is 0 Å². The Hall–Kier alpha value is -3.07. The van der Waals surface area contributed by atoms with E-state index in [2.05, 4.69) is 5.32 Å². The first kappa shape index (κ1) is 30.2. The van der Waals surface area contributed by atoms with Crippen LogP contribution in [-0.4, -0.2) is 56.6 Å². The number of ether oxygens (including phenoxy) is 1. The molecule has 2 aromatic carbocycles. The number of benzene rings is 2. The Kier molecular flexibility index (Phi) is 11.4. The van der Waals surface area contributed by atoms with Gasteiger partial charge in [-0.2, -0.15) is 0 Å². The van der Waals surface area contributed by atoms with Gasteiger partial charge in [-0.25, -0.2) is 8.42 Å². The van der Waals surface area contributed by atoms with Crippen LogP contribution in [0, 0.1) is 6.92 Å². The number of carbonyl (C=O) groups is 2. The van der Waals surface area contributed by atoms with Crippen molar-refractivity contribution in [3.63, 3.8) is 0 Å². The molecule has 0 unspecified atom stereocenters. The van der Waals surface area contributed by atoms with Crippen molar-refractivity contribution in [1.82, 2.24) is 10.2 Å². The second kappa shape index (κ2) is 14.0. The molecule has 1 N–H and O–H groups in total. The van der Waals surface area contributed by atoms with Gasteiger partial charge in [0.2, 0.25) is 21.8 Å². The molecule has 0 saturated heterocycles. The second-order valence-corrected chi connectivity index (χ2v) is 11.3. The quantitative estimate of drug-likeness (QED) is 0.393. The first-order valence-corrected chi connectivity index (χ1v) is 14.7. The van der Waals surface area contributed by atoms with Crippen molar-refractivity contribution < 1.29 is 22.7 Å². The Balaban J connectivity index is 2.21. The molecule has 2 atom stereocenters. The zero-order chi connectivity index (χ0) is 27.6. The normalized spacial score (nSPS) is 12.9. The topological polar surface area (TPSA) is 96.0 Å². The minimum atomic E-state index is -3.61. The van der Waals surface area contributed by atoms with Crippen molar-refractivity contribution in [3.8, 4) is 5.75 Å². The molecule has 0 heterocycles. The molecule has 37 heavy (non-hydrogen) atoms. The van der Waals surface area contributed by atoms with E-state index in [1.165, 1.54) is 4.31 Å². The molecule has 0 aliphatic rings. The lowest BCUT2D eigenvalue weighted by atomic mass is 10.1. The van der Waals surface area contributed by atoms with Crippen LogP contribution in [0.4, 0.5) is 5.69 Å². The molecule has 0 bridgehead atoms. The molecule has 8 nitrogen and oxygen atoms in total. The number of nitrogens with zero attached hydrogens (tertiary/aromatic N) is 2. The lowest BCUT2D eigenvalue weighted by Gasteiger charge is -2.30. The SMILES string of the molecule is CCOc1ccccc1N(CCCC(=O)N(Cc1cccc(C)c1)[C@H](C)C(=O)N[C@@H](C)CC)S(C)(=O)=O. The molecular formula is C28H41N3O5S. The Morgan fingerprint density at radius 3 is 2.38 bits per heavy atom. The average Bonchev–Trinajstić information content (AvgIpc) is 2.84. The Labute approximate surface area is 222 Å². The van der Waals surface area contributed by atoms with E-state index in [-0.39, 0.29) is 37.2 Å². The second-order valence-electron chi connectivity index (χ2n) is 9.34. The molecule has 0 fully saturated rings. The van der Waals surface area contributed by atoms with Crippen LogP contribution in [0.5, 0.6) is 5.75 Å². The largest absolute Gasteiger partial charge is 0.492 e. The standard InChI is InChI=1S/C28H41N3O5S/c1-7-22(4)29-28(33)23(5)30(20-24-14-11-13-21(3)19-24)27(32)17-12-18-31(37(6,34)35)25-15-9-10-16-26(25)36-8-2/h9-11,13-16,19,22-23H,7-8,12,17-18,20H2,1-6H3,(H,29,33)/t22-,23+/m0/s1. The van der Waals surface area contributed by atoms with Crippen molar-refractivity contribution in [3.05, 3.63) is 59.7 Å². The average molecular weight is 532 g/mol. The summed E-state index contributed by atoms with van der Waals surface area (Å²) in [6, 6.07) is 14.1. The maximum atomic E-state index is 13.4. The van der Waals surface area contributed by atoms with Crippen LogP contribution in [0.3, 0.4) is 0 Å². The molecule has 2 aromatic rings. The third-order valence-electron chi connectivity index (χ3n) is 6.19. The highest BCUT2D eigenvalue weighted by Gasteiger charge is 2.27. The smallest absolute Gasteiger partial charge is 0.242 e. The maximum Gasteiger partial charge on any atom is 0.242 e. The van der Waals surface area contributed by atoms with E-state index in [1.807, 2.05) is 52.0 Å². The minimum Gasteiger partial charge on any atom is -0.492 e. The van der Waals surface area contributed by atoms with Gasteiger partial charge in [0.05, 0.1) is 18.6 Å². The van der Waals surface area contributed by atoms with Crippen LogP contribution in [0.1, 0.15) is 58.1 Å². The van der Waals surface area contributed by atoms with E-state index in [9.17, 15) is 18.0 Å². The van der Waals surface area contributed by atoms with Gasteiger partial charge < -0.3 is 15.0 Å². The van der Waals surface area contributed by atoms with Gasteiger partial charge >= 0.3 is 0 Å². The van der Waals surface area contributed by atoms with Crippen LogP contribution in [0.25, 0.3) is 0 Å². The third kappa shape index (κ3) is 9.07. The lowest BCUT2D eigenvalue weighted by Crippen LogP contribution is -2.49. The highest BCUT2D eigenvalue weighted by atomic mass is 32.2. The number of sulfonamides is 1. The van der Waals surface area contributed by atoms with Crippen molar-refractivity contribution in [2.24, 2.45) is 0 Å². The van der Waals surface area contributed by atoms with Gasteiger partial charge in [0.15, 0.2) is 0 Å². The number of aryl methyl sites for hydroxylation is 1. The summed E-state index contributed by atoms with van der Waals surface area (Å²) in [7, 11) is -3.61. The number of carbonyl (C=O) groups excluding carboxylic acids is 2. The monoisotopic (exact) mass is 531 g/mol. The zero-order valence-electron chi connectivity index (χ0n) is 22.9. The van der Waals surface area contributed by atoms with Crippen LogP contribution in [-0.2, 0) is 26.2 Å². The van der Waals surface area contributed by atoms with Crippen molar-refractivity contribution in [2.75, 3.05) is 23.7 Å². The van der Waals surface area contributed by atoms with E-state index in [0.29, 0.717) is 24.6 Å². The van der Waals surface area contributed by atoms with Crippen molar-refractivity contribution in [1.29, 1.82) is 0 Å². The van der Waals surface area contributed by atoms with Crippen LogP contribution < -0.4 is 14.4 Å². The summed E-state index contributed by atoms with van der Waals surface area (Å²) in [5, 5.41) is 2.96. The molecule has 0 spiro atoms. The molecule has 2 amide bonds. The number of rotatable bonds is 14. The number of anilines is 1. The Bertz CT molecular complexity index is 1150. The fraction of sp³-hybridized carbons (Fsp3) is 0.500. The number of para-hydroxylation sites is 2. The predicted molar refractivity (Wildman–Crippen MR) is 148 cm³/mol. The molecule has 0 aromatic heterocycles. The number of nitrogens with one attached hydrogen (secondary N) is 1. The van der Waals surface area contributed by atoms with Gasteiger partial charge in [-0.3, -0.25) is 13.9 Å². The molecule has 9 heteroatoms. The zero-order valence-corrected chi connectivity index (χ0v) is 23.7. The third-order valence-corrected chi connectivity index (χ3v) is 7.37. The highest BCUT2D eigenvalue weighted by Crippen LogP contribution is 2.30. The number of hydrogen-bond acceptors (Lipinski definition) is 5. The van der Waals surface area contributed by atoms with Gasteiger partial charge in [-0.15, -0.1) is 0 Å². The number of hydrogen-bond donors (Lipinski definition) is 1. The van der Waals surface area contributed by atoms with Crippen molar-refractivity contribution in [2.45, 2.75) is 72.5 Å². The van der Waals surface area contributed by atoms with E-state index in [1.54, 1.807) is 36.1 Å². The molecule has 0 saturated carbocycles. The molecule has 0 aliphatic carbocycles. The van der Waals surface area contributed by atoms with Crippen LogP contribution in [0.15, 0.2) is 48.5 Å². The summed E-state index contributed by atoms with van der Waals surface area (Å²) in [5.41, 5.74) is 2.44. The van der Waals surface area contributed by atoms with Crippen LogP contribution >= 0.6 is 0 Å². The molecule has 2 rings (SSSR count). The predicted octanol–water partition coefficient (Wildman–Crippen LogP) is 4.27. The molecule has 204 valence electrons. The van der Waals surface area contributed by atoms with E-state index in [4.69, 9.17) is 4.74 Å². The summed E-state index contributed by atoms with van der Waals surface area (Å²) in [4.78, 5) is 27.9. The van der Waals surface area contributed by atoms with E-state index >= 15 is 0 Å². The van der Waals surface area contributed by atoms with Gasteiger partial charge in [0, 0.05) is 25.6 Å². The summed E-state index contributed by atoms with van der Waals surface area (Å²) in [6.45, 7) is 10.3. The summed E-state index contributed by atoms with van der Waals surface area (Å²) in [6.07, 6.45) is 2.31. The minimum absolute atomic E-state index is 0.000372. The molecule has 0 aliphatic heterocycles. The van der Waals surface area contributed by atoms with Crippen molar-refractivity contribution >= 4 is 27.5 Å². The summed E-state index contributed by atoms with van der Waals surface area (Å²) >= 11 is 0. The fourth-order valence-corrected chi connectivity index (χ4v) is 4.95. The molecule has 0 radical (unpaired) electrons. The first-order chi connectivity index (χ1) is 17.5. The first-order valence-electron chi connectivity index (χ1n) is 12.8. The van der Waals surface area contributed by atoms with Gasteiger partial charge in [-0.1, -0.05) is 48.9 Å². The Morgan fingerprint density at radius 1 is 1.05 bits per heavy atom. The summed E-state index contributed by atoms with van der Waals surface area (Å²) in [5.74, 6) is 0.0526. The lowest BCUT2D eigenvalue weighted by molar-refractivity contribution is -0.140. The maximum absolute atomic E-state index is 13.4. The Morgan fingerprint density at radius 2 is 1.76 bits per heavy atom. The molecular weight excluding hydrogens is 490 g/mol. The van der Waals surface area contributed by atoms with Gasteiger partial charge in [-0.05, 0) is 58.2 Å². The fourth-order valence-electron chi connectivity index (χ4n) is 3.98. The van der Waals surface area contributed by atoms with E-state index < -0.39 is 16.1 Å². The van der Waals surface area contributed by atoms with E-state index in [0.717, 1.165) is 23.8 Å². The van der Waals surface area contributed by atoms with Crippen LogP contribution in [0.2, 0.25) is 0 Å². The number of amides is 2. The summed E-state index contributed by atoms with van der Waals surface area (Å²) < 4.78 is 32.1. The van der Waals surface area contributed by atoms with Gasteiger partial charge in [0.1, 0.15) is 11.8 Å².